The molecule has 1 N–H and O–H groups in total. The van der Waals surface area contributed by atoms with Crippen LogP contribution in [0.4, 0.5) is 0 Å². The molecule has 0 saturated carbocycles. The van der Waals surface area contributed by atoms with Gasteiger partial charge < -0.3 is 14.6 Å². The first-order valence-electron chi connectivity index (χ1n) is 5.06. The lowest BCUT2D eigenvalue weighted by Gasteiger charge is -2.16. The zero-order chi connectivity index (χ0) is 11.5. The molecule has 1 aromatic rings. The minimum absolute atomic E-state index is 0.612. The molecule has 1 heterocycles. The molecule has 0 aliphatic carbocycles. The number of ether oxygens (including phenoxy) is 2. The normalized spacial score (nSPS) is 16.6. The predicted molar refractivity (Wildman–Crippen MR) is 64.3 cm³/mol. The van der Waals surface area contributed by atoms with E-state index in [0.717, 1.165) is 16.5 Å². The van der Waals surface area contributed by atoms with Crippen molar-refractivity contribution < 1.29 is 14.6 Å². The SMILES string of the molecule is COc1cc(Br)ccc1C(O)C1=CCCO1. The highest BCUT2D eigenvalue weighted by molar-refractivity contribution is 9.10. The fraction of sp³-hybridized carbons (Fsp3) is 0.333. The first-order chi connectivity index (χ1) is 7.72. The van der Waals surface area contributed by atoms with Crippen molar-refractivity contribution in [1.29, 1.82) is 0 Å². The van der Waals surface area contributed by atoms with E-state index in [9.17, 15) is 5.11 Å². The van der Waals surface area contributed by atoms with Gasteiger partial charge in [0.25, 0.3) is 0 Å². The van der Waals surface area contributed by atoms with Crippen LogP contribution in [-0.4, -0.2) is 18.8 Å². The van der Waals surface area contributed by atoms with Crippen molar-refractivity contribution in [1.82, 2.24) is 0 Å². The van der Waals surface area contributed by atoms with E-state index in [-0.39, 0.29) is 0 Å². The smallest absolute Gasteiger partial charge is 0.139 e. The number of halogens is 1. The predicted octanol–water partition coefficient (Wildman–Crippen LogP) is 2.80. The Kier molecular flexibility index (Phi) is 3.51. The molecule has 0 bridgehead atoms. The maximum atomic E-state index is 10.1. The van der Waals surface area contributed by atoms with Gasteiger partial charge in [-0.2, -0.15) is 0 Å². The summed E-state index contributed by atoms with van der Waals surface area (Å²) in [6.07, 6.45) is 2.02. The molecule has 4 heteroatoms. The van der Waals surface area contributed by atoms with Crippen LogP contribution in [0.1, 0.15) is 18.1 Å². The third-order valence-electron chi connectivity index (χ3n) is 2.49. The van der Waals surface area contributed by atoms with Gasteiger partial charge in [0.05, 0.1) is 13.7 Å². The molecule has 1 atom stereocenters. The van der Waals surface area contributed by atoms with Gasteiger partial charge in [-0.15, -0.1) is 0 Å². The summed E-state index contributed by atoms with van der Waals surface area (Å²) in [7, 11) is 1.59. The number of rotatable bonds is 3. The summed E-state index contributed by atoms with van der Waals surface area (Å²) in [5, 5.41) is 10.1. The molecule has 0 spiro atoms. The minimum atomic E-state index is -0.745. The number of hydrogen-bond acceptors (Lipinski definition) is 3. The number of hydrogen-bond donors (Lipinski definition) is 1. The standard InChI is InChI=1S/C12H13BrO3/c1-15-11-7-8(13)4-5-9(11)12(14)10-3-2-6-16-10/h3-5,7,12,14H,2,6H2,1H3. The van der Waals surface area contributed by atoms with Crippen molar-refractivity contribution in [2.75, 3.05) is 13.7 Å². The molecule has 0 radical (unpaired) electrons. The van der Waals surface area contributed by atoms with Gasteiger partial charge in [0.15, 0.2) is 0 Å². The van der Waals surface area contributed by atoms with E-state index in [1.807, 2.05) is 24.3 Å². The van der Waals surface area contributed by atoms with Crippen molar-refractivity contribution in [3.05, 3.63) is 40.1 Å². The van der Waals surface area contributed by atoms with Gasteiger partial charge in [-0.25, -0.2) is 0 Å². The van der Waals surface area contributed by atoms with Crippen LogP contribution in [0.3, 0.4) is 0 Å². The maximum Gasteiger partial charge on any atom is 0.139 e. The molecule has 2 rings (SSSR count). The quantitative estimate of drug-likeness (QED) is 0.928. The maximum absolute atomic E-state index is 10.1. The van der Waals surface area contributed by atoms with Gasteiger partial charge in [0.1, 0.15) is 17.6 Å². The van der Waals surface area contributed by atoms with E-state index in [4.69, 9.17) is 9.47 Å². The van der Waals surface area contributed by atoms with Crippen LogP contribution in [0.15, 0.2) is 34.5 Å². The molecule has 0 amide bonds. The average Bonchev–Trinajstić information content (AvgIpc) is 2.81. The van der Waals surface area contributed by atoms with E-state index >= 15 is 0 Å². The molecule has 3 nitrogen and oxygen atoms in total. The van der Waals surface area contributed by atoms with Crippen LogP contribution in [-0.2, 0) is 4.74 Å². The first-order valence-corrected chi connectivity index (χ1v) is 5.86. The summed E-state index contributed by atoms with van der Waals surface area (Å²) in [4.78, 5) is 0. The fourth-order valence-corrected chi connectivity index (χ4v) is 2.03. The van der Waals surface area contributed by atoms with Crippen molar-refractivity contribution in [3.8, 4) is 5.75 Å². The number of aliphatic hydroxyl groups excluding tert-OH is 1. The summed E-state index contributed by atoms with van der Waals surface area (Å²) >= 11 is 3.36. The van der Waals surface area contributed by atoms with Crippen molar-refractivity contribution in [3.63, 3.8) is 0 Å². The molecule has 1 aliphatic heterocycles. The molecule has 0 aromatic heterocycles. The third-order valence-corrected chi connectivity index (χ3v) is 2.98. The zero-order valence-electron chi connectivity index (χ0n) is 8.94. The molecule has 0 fully saturated rings. The van der Waals surface area contributed by atoms with Gasteiger partial charge >= 0.3 is 0 Å². The van der Waals surface area contributed by atoms with E-state index < -0.39 is 6.10 Å². The van der Waals surface area contributed by atoms with E-state index in [2.05, 4.69) is 15.9 Å². The van der Waals surface area contributed by atoms with Crippen LogP contribution in [0.2, 0.25) is 0 Å². The number of benzene rings is 1. The Morgan fingerprint density at radius 3 is 2.94 bits per heavy atom. The second kappa shape index (κ2) is 4.89. The Labute approximate surface area is 103 Å². The molecular formula is C12H13BrO3. The lowest BCUT2D eigenvalue weighted by molar-refractivity contribution is 0.117. The molecule has 1 unspecified atom stereocenters. The first kappa shape index (κ1) is 11.5. The fourth-order valence-electron chi connectivity index (χ4n) is 1.69. The summed E-state index contributed by atoms with van der Waals surface area (Å²) < 4.78 is 11.5. The monoisotopic (exact) mass is 284 g/mol. The van der Waals surface area contributed by atoms with Crippen LogP contribution in [0, 0.1) is 0 Å². The van der Waals surface area contributed by atoms with E-state index in [1.54, 1.807) is 7.11 Å². The number of aliphatic hydroxyl groups is 1. The lowest BCUT2D eigenvalue weighted by Crippen LogP contribution is -2.04. The van der Waals surface area contributed by atoms with Crippen LogP contribution in [0.5, 0.6) is 5.75 Å². The molecule has 1 aliphatic rings. The Hall–Kier alpha value is -1.00. The molecular weight excluding hydrogens is 272 g/mol. The van der Waals surface area contributed by atoms with Crippen molar-refractivity contribution in [2.45, 2.75) is 12.5 Å². The largest absolute Gasteiger partial charge is 0.496 e. The average molecular weight is 285 g/mol. The molecule has 1 aromatic carbocycles. The summed E-state index contributed by atoms with van der Waals surface area (Å²) in [5.41, 5.74) is 0.721. The Morgan fingerprint density at radius 2 is 2.31 bits per heavy atom. The second-order valence-corrected chi connectivity index (χ2v) is 4.45. The Bertz CT molecular complexity index is 415. The van der Waals surface area contributed by atoms with Crippen molar-refractivity contribution in [2.24, 2.45) is 0 Å². The van der Waals surface area contributed by atoms with Gasteiger partial charge in [0, 0.05) is 16.5 Å². The highest BCUT2D eigenvalue weighted by Crippen LogP contribution is 2.34. The van der Waals surface area contributed by atoms with Gasteiger partial charge in [0.2, 0.25) is 0 Å². The second-order valence-electron chi connectivity index (χ2n) is 3.53. The zero-order valence-corrected chi connectivity index (χ0v) is 10.5. The van der Waals surface area contributed by atoms with Gasteiger partial charge in [-0.05, 0) is 18.2 Å². The topological polar surface area (TPSA) is 38.7 Å². The Balaban J connectivity index is 2.31. The number of methoxy groups -OCH3 is 1. The highest BCUT2D eigenvalue weighted by Gasteiger charge is 2.21. The van der Waals surface area contributed by atoms with Crippen LogP contribution < -0.4 is 4.74 Å². The van der Waals surface area contributed by atoms with Crippen LogP contribution in [0.25, 0.3) is 0 Å². The summed E-state index contributed by atoms with van der Waals surface area (Å²) in [5.74, 6) is 1.26. The molecule has 86 valence electrons. The van der Waals surface area contributed by atoms with Gasteiger partial charge in [-0.1, -0.05) is 22.0 Å². The molecule has 16 heavy (non-hydrogen) atoms. The van der Waals surface area contributed by atoms with E-state index in [1.165, 1.54) is 0 Å². The van der Waals surface area contributed by atoms with Crippen molar-refractivity contribution >= 4 is 15.9 Å². The van der Waals surface area contributed by atoms with E-state index in [0.29, 0.717) is 18.1 Å². The minimum Gasteiger partial charge on any atom is -0.496 e. The van der Waals surface area contributed by atoms with Crippen LogP contribution >= 0.6 is 15.9 Å². The summed E-state index contributed by atoms with van der Waals surface area (Å²) in [6.45, 7) is 0.644. The lowest BCUT2D eigenvalue weighted by atomic mass is 10.1. The molecule has 0 saturated heterocycles. The highest BCUT2D eigenvalue weighted by atomic mass is 79.9. The Morgan fingerprint density at radius 1 is 1.50 bits per heavy atom. The third kappa shape index (κ3) is 2.23. The van der Waals surface area contributed by atoms with Gasteiger partial charge in [-0.3, -0.25) is 0 Å². The summed E-state index contributed by atoms with van der Waals surface area (Å²) in [6, 6.07) is 5.53.